The highest BCUT2D eigenvalue weighted by atomic mass is 79.9. The van der Waals surface area contributed by atoms with Crippen molar-refractivity contribution in [3.8, 4) is 5.75 Å². The molecule has 0 unspecified atom stereocenters. The third-order valence-electron chi connectivity index (χ3n) is 2.58. The molecule has 0 bridgehead atoms. The van der Waals surface area contributed by atoms with Crippen molar-refractivity contribution in [2.24, 2.45) is 0 Å². The van der Waals surface area contributed by atoms with E-state index in [9.17, 15) is 9.90 Å². The molecule has 1 N–H and O–H groups in total. The minimum absolute atomic E-state index is 0.209. The zero-order chi connectivity index (χ0) is 12.3. The third-order valence-corrected chi connectivity index (χ3v) is 3.35. The normalized spacial score (nSPS) is 10.4. The number of benzene rings is 1. The van der Waals surface area contributed by atoms with E-state index in [-0.39, 0.29) is 11.3 Å². The van der Waals surface area contributed by atoms with Gasteiger partial charge in [0, 0.05) is 17.2 Å². The predicted octanol–water partition coefficient (Wildman–Crippen LogP) is 2.56. The molecule has 0 saturated heterocycles. The second kappa shape index (κ2) is 5.19. The lowest BCUT2D eigenvalue weighted by atomic mass is 10.1. The monoisotopic (exact) mass is 293 g/mol. The Labute approximate surface area is 107 Å². The maximum absolute atomic E-state index is 11.6. The first kappa shape index (κ1) is 11.9. The summed E-state index contributed by atoms with van der Waals surface area (Å²) in [5, 5.41) is 9.31. The van der Waals surface area contributed by atoms with Crippen molar-refractivity contribution in [1.29, 1.82) is 0 Å². The average molecular weight is 294 g/mol. The van der Waals surface area contributed by atoms with Crippen molar-refractivity contribution in [1.82, 2.24) is 4.57 Å². The van der Waals surface area contributed by atoms with Gasteiger partial charge in [-0.15, -0.1) is 0 Å². The number of hydrogen-bond donors (Lipinski definition) is 1. The molecule has 0 saturated carbocycles. The fourth-order valence-electron chi connectivity index (χ4n) is 1.64. The molecule has 0 fully saturated rings. The molecular weight excluding hydrogens is 282 g/mol. The number of hydrogen-bond acceptors (Lipinski definition) is 2. The van der Waals surface area contributed by atoms with Crippen molar-refractivity contribution in [2.45, 2.75) is 13.0 Å². The second-order valence-corrected chi connectivity index (χ2v) is 4.59. The van der Waals surface area contributed by atoms with Crippen molar-refractivity contribution in [2.75, 3.05) is 0 Å². The van der Waals surface area contributed by atoms with Crippen LogP contribution in [-0.2, 0) is 13.0 Å². The summed E-state index contributed by atoms with van der Waals surface area (Å²) in [6, 6.07) is 11.0. The molecule has 4 heteroatoms. The molecule has 1 aromatic heterocycles. The molecule has 0 aliphatic rings. The van der Waals surface area contributed by atoms with E-state index in [4.69, 9.17) is 0 Å². The Hall–Kier alpha value is -1.55. The molecule has 0 aliphatic heterocycles. The van der Waals surface area contributed by atoms with Gasteiger partial charge in [0.05, 0.1) is 0 Å². The molecule has 2 rings (SSSR count). The zero-order valence-electron chi connectivity index (χ0n) is 9.14. The van der Waals surface area contributed by atoms with Crippen LogP contribution in [0.4, 0.5) is 0 Å². The molecule has 1 heterocycles. The topological polar surface area (TPSA) is 42.2 Å². The van der Waals surface area contributed by atoms with Crippen LogP contribution in [0.2, 0.25) is 0 Å². The van der Waals surface area contributed by atoms with E-state index in [0.717, 1.165) is 16.5 Å². The van der Waals surface area contributed by atoms with E-state index < -0.39 is 0 Å². The number of nitrogens with zero attached hydrogens (tertiary/aromatic N) is 1. The largest absolute Gasteiger partial charge is 0.503 e. The minimum atomic E-state index is -0.348. The van der Waals surface area contributed by atoms with E-state index in [1.807, 2.05) is 24.3 Å². The summed E-state index contributed by atoms with van der Waals surface area (Å²) < 4.78 is 2.54. The van der Waals surface area contributed by atoms with Crippen molar-refractivity contribution in [3.05, 3.63) is 63.0 Å². The van der Waals surface area contributed by atoms with Crippen LogP contribution < -0.4 is 5.56 Å². The van der Waals surface area contributed by atoms with Crippen molar-refractivity contribution >= 4 is 15.9 Å². The Morgan fingerprint density at radius 1 is 1.18 bits per heavy atom. The van der Waals surface area contributed by atoms with Crippen LogP contribution in [0.5, 0.6) is 5.75 Å². The lowest BCUT2D eigenvalue weighted by molar-refractivity contribution is 0.456. The summed E-state index contributed by atoms with van der Waals surface area (Å²) in [6.45, 7) is 0.551. The van der Waals surface area contributed by atoms with Gasteiger partial charge in [0.2, 0.25) is 0 Å². The first-order valence-electron chi connectivity index (χ1n) is 5.30. The van der Waals surface area contributed by atoms with Crippen LogP contribution in [0, 0.1) is 0 Å². The minimum Gasteiger partial charge on any atom is -0.503 e. The highest BCUT2D eigenvalue weighted by molar-refractivity contribution is 9.10. The second-order valence-electron chi connectivity index (χ2n) is 3.73. The Kier molecular flexibility index (Phi) is 3.64. The summed E-state index contributed by atoms with van der Waals surface area (Å²) in [7, 11) is 0. The number of aromatic nitrogens is 1. The van der Waals surface area contributed by atoms with Gasteiger partial charge in [-0.1, -0.05) is 34.1 Å². The molecule has 2 aromatic rings. The first-order valence-corrected chi connectivity index (χ1v) is 6.09. The van der Waals surface area contributed by atoms with Crippen LogP contribution in [0.25, 0.3) is 0 Å². The average Bonchev–Trinajstić information content (AvgIpc) is 2.33. The smallest absolute Gasteiger partial charge is 0.292 e. The Balaban J connectivity index is 2.16. The van der Waals surface area contributed by atoms with Gasteiger partial charge >= 0.3 is 0 Å². The zero-order valence-corrected chi connectivity index (χ0v) is 10.7. The van der Waals surface area contributed by atoms with Crippen molar-refractivity contribution < 1.29 is 5.11 Å². The van der Waals surface area contributed by atoms with Gasteiger partial charge in [-0.25, -0.2) is 0 Å². The van der Waals surface area contributed by atoms with Crippen LogP contribution in [0.3, 0.4) is 0 Å². The van der Waals surface area contributed by atoms with Gasteiger partial charge in [-0.05, 0) is 30.2 Å². The summed E-state index contributed by atoms with van der Waals surface area (Å²) in [4.78, 5) is 11.6. The molecule has 0 amide bonds. The van der Waals surface area contributed by atoms with Gasteiger partial charge in [0.25, 0.3) is 5.56 Å². The summed E-state index contributed by atoms with van der Waals surface area (Å²) >= 11 is 3.47. The number of pyridine rings is 1. The number of halogens is 1. The number of rotatable bonds is 3. The molecule has 17 heavy (non-hydrogen) atoms. The first-order chi connectivity index (χ1) is 8.18. The van der Waals surface area contributed by atoms with Crippen LogP contribution in [-0.4, -0.2) is 9.67 Å². The van der Waals surface area contributed by atoms with Gasteiger partial charge in [-0.3, -0.25) is 4.79 Å². The molecule has 88 valence electrons. The highest BCUT2D eigenvalue weighted by Gasteiger charge is 2.02. The van der Waals surface area contributed by atoms with E-state index in [0.29, 0.717) is 6.54 Å². The van der Waals surface area contributed by atoms with Crippen LogP contribution in [0.15, 0.2) is 51.9 Å². The summed E-state index contributed by atoms with van der Waals surface area (Å²) in [5.74, 6) is -0.209. The predicted molar refractivity (Wildman–Crippen MR) is 70.2 cm³/mol. The summed E-state index contributed by atoms with van der Waals surface area (Å²) in [6.07, 6.45) is 2.42. The Morgan fingerprint density at radius 3 is 2.71 bits per heavy atom. The maximum Gasteiger partial charge on any atom is 0.292 e. The van der Waals surface area contributed by atoms with E-state index in [1.165, 1.54) is 10.6 Å². The fraction of sp³-hybridized carbons (Fsp3) is 0.154. The molecule has 0 spiro atoms. The van der Waals surface area contributed by atoms with Crippen LogP contribution >= 0.6 is 15.9 Å². The van der Waals surface area contributed by atoms with Gasteiger partial charge in [-0.2, -0.15) is 0 Å². The standard InChI is InChI=1S/C13H12BrNO2/c14-11-5-2-1-4-10(11)7-9-15-8-3-6-12(16)13(15)17/h1-6,8,16H,7,9H2. The quantitative estimate of drug-likeness (QED) is 0.945. The lowest BCUT2D eigenvalue weighted by Gasteiger charge is -2.07. The molecule has 0 radical (unpaired) electrons. The Bertz CT molecular complexity index is 578. The van der Waals surface area contributed by atoms with Gasteiger partial charge < -0.3 is 9.67 Å². The van der Waals surface area contributed by atoms with Crippen molar-refractivity contribution in [3.63, 3.8) is 0 Å². The molecular formula is C13H12BrNO2. The summed E-state index contributed by atoms with van der Waals surface area (Å²) in [5.41, 5.74) is 0.794. The molecule has 0 atom stereocenters. The Morgan fingerprint density at radius 2 is 1.94 bits per heavy atom. The van der Waals surface area contributed by atoms with E-state index in [1.54, 1.807) is 12.3 Å². The molecule has 0 aliphatic carbocycles. The molecule has 3 nitrogen and oxygen atoms in total. The lowest BCUT2D eigenvalue weighted by Crippen LogP contribution is -2.19. The van der Waals surface area contributed by atoms with E-state index >= 15 is 0 Å². The number of aryl methyl sites for hydroxylation is 2. The van der Waals surface area contributed by atoms with Crippen LogP contribution in [0.1, 0.15) is 5.56 Å². The molecule has 1 aromatic carbocycles. The maximum atomic E-state index is 11.6. The highest BCUT2D eigenvalue weighted by Crippen LogP contribution is 2.16. The van der Waals surface area contributed by atoms with Gasteiger partial charge in [0.1, 0.15) is 0 Å². The number of aromatic hydroxyl groups is 1. The SMILES string of the molecule is O=c1c(O)cccn1CCc1ccccc1Br. The fourth-order valence-corrected chi connectivity index (χ4v) is 2.13. The van der Waals surface area contributed by atoms with Gasteiger partial charge in [0.15, 0.2) is 5.75 Å². The third kappa shape index (κ3) is 2.77. The van der Waals surface area contributed by atoms with E-state index in [2.05, 4.69) is 15.9 Å².